The molecule has 1 heterocycles. The van der Waals surface area contributed by atoms with Crippen LogP contribution in [0.25, 0.3) is 11.0 Å². The monoisotopic (exact) mass is 342 g/mol. The SMILES string of the molecule is CN(C)c1c(Cl)cccc1NC(=O)c1cc2ccccc2oc1=O. The van der Waals surface area contributed by atoms with Crippen molar-refractivity contribution >= 4 is 39.9 Å². The molecule has 1 amide bonds. The quantitative estimate of drug-likeness (QED) is 0.736. The Morgan fingerprint density at radius 1 is 1.12 bits per heavy atom. The second-order valence-electron chi connectivity index (χ2n) is 5.47. The number of hydrogen-bond donors (Lipinski definition) is 1. The second kappa shape index (κ2) is 6.37. The van der Waals surface area contributed by atoms with Gasteiger partial charge in [0.15, 0.2) is 0 Å². The summed E-state index contributed by atoms with van der Waals surface area (Å²) in [5, 5.41) is 3.91. The van der Waals surface area contributed by atoms with Gasteiger partial charge < -0.3 is 14.6 Å². The Morgan fingerprint density at radius 3 is 2.62 bits per heavy atom. The first-order valence-electron chi connectivity index (χ1n) is 7.27. The van der Waals surface area contributed by atoms with Gasteiger partial charge in [-0.2, -0.15) is 0 Å². The van der Waals surface area contributed by atoms with E-state index in [9.17, 15) is 9.59 Å². The van der Waals surface area contributed by atoms with Crippen LogP contribution in [-0.2, 0) is 0 Å². The summed E-state index contributed by atoms with van der Waals surface area (Å²) in [5.41, 5.74) is 0.886. The summed E-state index contributed by atoms with van der Waals surface area (Å²) in [4.78, 5) is 26.4. The Morgan fingerprint density at radius 2 is 1.88 bits per heavy atom. The molecule has 0 atom stereocenters. The molecule has 24 heavy (non-hydrogen) atoms. The Bertz CT molecular complexity index is 979. The summed E-state index contributed by atoms with van der Waals surface area (Å²) in [7, 11) is 3.64. The van der Waals surface area contributed by atoms with Crippen LogP contribution in [0.3, 0.4) is 0 Å². The average Bonchev–Trinajstić information content (AvgIpc) is 2.53. The van der Waals surface area contributed by atoms with E-state index in [0.717, 1.165) is 0 Å². The number of nitrogens with one attached hydrogen (secondary N) is 1. The molecule has 0 aliphatic heterocycles. The van der Waals surface area contributed by atoms with Crippen molar-refractivity contribution < 1.29 is 9.21 Å². The number of anilines is 2. The van der Waals surface area contributed by atoms with Crippen molar-refractivity contribution in [3.63, 3.8) is 0 Å². The predicted molar refractivity (Wildman–Crippen MR) is 96.2 cm³/mol. The summed E-state index contributed by atoms with van der Waals surface area (Å²) in [6.07, 6.45) is 0. The topological polar surface area (TPSA) is 62.6 Å². The predicted octanol–water partition coefficient (Wildman–Crippen LogP) is 3.76. The van der Waals surface area contributed by atoms with Crippen molar-refractivity contribution in [1.82, 2.24) is 0 Å². The molecule has 1 aromatic heterocycles. The Hall–Kier alpha value is -2.79. The minimum Gasteiger partial charge on any atom is -0.422 e. The minimum atomic E-state index is -0.681. The van der Waals surface area contributed by atoms with Gasteiger partial charge in [0, 0.05) is 19.5 Å². The number of halogens is 1. The van der Waals surface area contributed by atoms with E-state index in [2.05, 4.69) is 5.32 Å². The lowest BCUT2D eigenvalue weighted by molar-refractivity contribution is 0.102. The summed E-state index contributed by atoms with van der Waals surface area (Å²) in [6, 6.07) is 13.7. The van der Waals surface area contributed by atoms with Crippen LogP contribution >= 0.6 is 11.6 Å². The standard InChI is InChI=1S/C18H15ClN2O3/c1-21(2)16-13(19)7-5-8-14(16)20-17(22)12-10-11-6-3-4-9-15(11)24-18(12)23/h3-10H,1-2H3,(H,20,22). The summed E-state index contributed by atoms with van der Waals surface area (Å²) in [5.74, 6) is -0.542. The molecule has 2 aromatic carbocycles. The molecule has 0 spiro atoms. The lowest BCUT2D eigenvalue weighted by atomic mass is 10.1. The molecule has 3 aromatic rings. The van der Waals surface area contributed by atoms with Crippen LogP contribution in [0.5, 0.6) is 0 Å². The molecule has 0 aliphatic rings. The zero-order chi connectivity index (χ0) is 17.3. The maximum Gasteiger partial charge on any atom is 0.349 e. The largest absolute Gasteiger partial charge is 0.422 e. The van der Waals surface area contributed by atoms with Crippen molar-refractivity contribution in [2.75, 3.05) is 24.3 Å². The van der Waals surface area contributed by atoms with E-state index in [-0.39, 0.29) is 5.56 Å². The van der Waals surface area contributed by atoms with Crippen LogP contribution in [0, 0.1) is 0 Å². The van der Waals surface area contributed by atoms with E-state index >= 15 is 0 Å². The molecular formula is C18H15ClN2O3. The molecule has 0 radical (unpaired) electrons. The molecule has 0 aliphatic carbocycles. The highest BCUT2D eigenvalue weighted by atomic mass is 35.5. The molecule has 0 bridgehead atoms. The Kier molecular flexibility index (Phi) is 4.27. The summed E-state index contributed by atoms with van der Waals surface area (Å²) < 4.78 is 5.20. The first kappa shape index (κ1) is 16.1. The van der Waals surface area contributed by atoms with Crippen LogP contribution < -0.4 is 15.8 Å². The van der Waals surface area contributed by atoms with Crippen LogP contribution in [0.4, 0.5) is 11.4 Å². The van der Waals surface area contributed by atoms with Gasteiger partial charge in [0.25, 0.3) is 5.91 Å². The number of fused-ring (bicyclic) bond motifs is 1. The molecule has 0 fully saturated rings. The van der Waals surface area contributed by atoms with E-state index in [4.69, 9.17) is 16.0 Å². The molecule has 3 rings (SSSR count). The smallest absolute Gasteiger partial charge is 0.349 e. The van der Waals surface area contributed by atoms with Gasteiger partial charge in [-0.1, -0.05) is 35.9 Å². The van der Waals surface area contributed by atoms with Crippen LogP contribution in [0.2, 0.25) is 5.02 Å². The van der Waals surface area contributed by atoms with Gasteiger partial charge in [0.05, 0.1) is 16.4 Å². The highest BCUT2D eigenvalue weighted by Gasteiger charge is 2.17. The normalized spacial score (nSPS) is 10.6. The Balaban J connectivity index is 2.01. The number of amides is 1. The first-order valence-corrected chi connectivity index (χ1v) is 7.65. The second-order valence-corrected chi connectivity index (χ2v) is 5.88. The van der Waals surface area contributed by atoms with Crippen molar-refractivity contribution in [1.29, 1.82) is 0 Å². The van der Waals surface area contributed by atoms with Gasteiger partial charge in [-0.15, -0.1) is 0 Å². The lowest BCUT2D eigenvalue weighted by Crippen LogP contribution is -2.22. The van der Waals surface area contributed by atoms with E-state index in [1.165, 1.54) is 6.07 Å². The molecule has 1 N–H and O–H groups in total. The number of carbonyl (C=O) groups excluding carboxylic acids is 1. The lowest BCUT2D eigenvalue weighted by Gasteiger charge is -2.19. The third-order valence-corrected chi connectivity index (χ3v) is 3.87. The van der Waals surface area contributed by atoms with Gasteiger partial charge in [-0.05, 0) is 24.3 Å². The minimum absolute atomic E-state index is 0.0571. The third kappa shape index (κ3) is 2.98. The molecule has 0 saturated heterocycles. The van der Waals surface area contributed by atoms with Crippen LogP contribution in [-0.4, -0.2) is 20.0 Å². The van der Waals surface area contributed by atoms with E-state index in [0.29, 0.717) is 27.4 Å². The highest BCUT2D eigenvalue weighted by Crippen LogP contribution is 2.32. The number of benzene rings is 2. The molecule has 6 heteroatoms. The average molecular weight is 343 g/mol. The zero-order valence-electron chi connectivity index (χ0n) is 13.2. The van der Waals surface area contributed by atoms with Gasteiger partial charge in [0.2, 0.25) is 0 Å². The molecule has 0 saturated carbocycles. The fraction of sp³-hybridized carbons (Fsp3) is 0.111. The fourth-order valence-corrected chi connectivity index (χ4v) is 2.82. The molecule has 122 valence electrons. The van der Waals surface area contributed by atoms with Crippen molar-refractivity contribution in [3.05, 3.63) is 69.5 Å². The number of carbonyl (C=O) groups is 1. The molecule has 5 nitrogen and oxygen atoms in total. The number of para-hydroxylation sites is 2. The van der Waals surface area contributed by atoms with Crippen molar-refractivity contribution in [2.24, 2.45) is 0 Å². The maximum absolute atomic E-state index is 12.5. The van der Waals surface area contributed by atoms with E-state index in [1.807, 2.05) is 20.2 Å². The van der Waals surface area contributed by atoms with E-state index < -0.39 is 11.5 Å². The maximum atomic E-state index is 12.5. The fourth-order valence-electron chi connectivity index (χ4n) is 2.48. The zero-order valence-corrected chi connectivity index (χ0v) is 13.9. The summed E-state index contributed by atoms with van der Waals surface area (Å²) in [6.45, 7) is 0. The molecule has 0 unspecified atom stereocenters. The summed E-state index contributed by atoms with van der Waals surface area (Å²) >= 11 is 6.19. The van der Waals surface area contributed by atoms with Crippen LogP contribution in [0.15, 0.2) is 57.7 Å². The number of nitrogens with zero attached hydrogens (tertiary/aromatic N) is 1. The van der Waals surface area contributed by atoms with Gasteiger partial charge in [-0.3, -0.25) is 4.79 Å². The first-order chi connectivity index (χ1) is 11.5. The van der Waals surface area contributed by atoms with Crippen molar-refractivity contribution in [2.45, 2.75) is 0 Å². The van der Waals surface area contributed by atoms with Crippen molar-refractivity contribution in [3.8, 4) is 0 Å². The Labute approximate surface area is 143 Å². The third-order valence-electron chi connectivity index (χ3n) is 3.57. The van der Waals surface area contributed by atoms with Gasteiger partial charge in [0.1, 0.15) is 11.1 Å². The van der Waals surface area contributed by atoms with Crippen LogP contribution in [0.1, 0.15) is 10.4 Å². The van der Waals surface area contributed by atoms with Gasteiger partial charge >= 0.3 is 5.63 Å². The van der Waals surface area contributed by atoms with E-state index in [1.54, 1.807) is 41.3 Å². The number of rotatable bonds is 3. The number of hydrogen-bond acceptors (Lipinski definition) is 4. The van der Waals surface area contributed by atoms with Gasteiger partial charge in [-0.25, -0.2) is 4.79 Å². The highest BCUT2D eigenvalue weighted by molar-refractivity contribution is 6.34. The molecular weight excluding hydrogens is 328 g/mol.